The largest absolute Gasteiger partial charge is 0.0622 e. The zero-order chi connectivity index (χ0) is 14.4. The zero-order valence-electron chi connectivity index (χ0n) is 13.0. The lowest BCUT2D eigenvalue weighted by Gasteiger charge is -2.36. The van der Waals surface area contributed by atoms with Gasteiger partial charge in [-0.05, 0) is 53.1 Å². The monoisotopic (exact) mass is 276 g/mol. The second kappa shape index (κ2) is 4.73. The minimum Gasteiger partial charge on any atom is -0.0622 e. The topological polar surface area (TPSA) is 0 Å². The van der Waals surface area contributed by atoms with Gasteiger partial charge in [-0.15, -0.1) is 0 Å². The van der Waals surface area contributed by atoms with Gasteiger partial charge < -0.3 is 0 Å². The van der Waals surface area contributed by atoms with Crippen LogP contribution in [0.5, 0.6) is 0 Å². The first kappa shape index (κ1) is 13.1. The van der Waals surface area contributed by atoms with Crippen LogP contribution in [0.4, 0.5) is 0 Å². The van der Waals surface area contributed by atoms with Crippen LogP contribution >= 0.6 is 0 Å². The number of hydrogen-bond acceptors (Lipinski definition) is 0. The Kier molecular flexibility index (Phi) is 2.96. The molecule has 0 heteroatoms. The van der Waals surface area contributed by atoms with Crippen molar-refractivity contribution < 1.29 is 0 Å². The van der Waals surface area contributed by atoms with Gasteiger partial charge in [-0.2, -0.15) is 0 Å². The van der Waals surface area contributed by atoms with E-state index in [2.05, 4.69) is 74.5 Å². The van der Waals surface area contributed by atoms with E-state index in [0.717, 1.165) is 11.8 Å². The lowest BCUT2D eigenvalue weighted by Crippen LogP contribution is -2.26. The van der Waals surface area contributed by atoms with Crippen molar-refractivity contribution in [3.05, 3.63) is 71.8 Å². The van der Waals surface area contributed by atoms with Crippen molar-refractivity contribution in [2.75, 3.05) is 0 Å². The van der Waals surface area contributed by atoms with Crippen LogP contribution in [0.1, 0.15) is 49.7 Å². The molecule has 4 rings (SSSR count). The Labute approximate surface area is 128 Å². The lowest BCUT2D eigenvalue weighted by molar-refractivity contribution is 0.187. The van der Waals surface area contributed by atoms with E-state index >= 15 is 0 Å². The Morgan fingerprint density at radius 1 is 0.667 bits per heavy atom. The molecule has 21 heavy (non-hydrogen) atoms. The maximum absolute atomic E-state index is 2.50. The van der Waals surface area contributed by atoms with E-state index in [0.29, 0.717) is 17.3 Å². The van der Waals surface area contributed by atoms with E-state index in [-0.39, 0.29) is 0 Å². The van der Waals surface area contributed by atoms with E-state index in [1.807, 2.05) is 0 Å². The van der Waals surface area contributed by atoms with Crippen LogP contribution in [-0.4, -0.2) is 0 Å². The SMILES string of the molecule is CC1(C)C(c2ccccc2)C2CCC2C1c1ccccc1. The molecule has 2 fully saturated rings. The molecule has 4 atom stereocenters. The summed E-state index contributed by atoms with van der Waals surface area (Å²) in [5, 5.41) is 0. The van der Waals surface area contributed by atoms with Gasteiger partial charge in [0, 0.05) is 0 Å². The molecule has 108 valence electrons. The third kappa shape index (κ3) is 1.88. The molecule has 2 aliphatic carbocycles. The molecule has 4 unspecified atom stereocenters. The highest BCUT2D eigenvalue weighted by molar-refractivity contribution is 5.34. The molecule has 0 heterocycles. The summed E-state index contributed by atoms with van der Waals surface area (Å²) in [4.78, 5) is 0. The maximum Gasteiger partial charge on any atom is -0.00735 e. The van der Waals surface area contributed by atoms with Gasteiger partial charge in [0.1, 0.15) is 0 Å². The van der Waals surface area contributed by atoms with Gasteiger partial charge in [0.15, 0.2) is 0 Å². The van der Waals surface area contributed by atoms with Crippen LogP contribution in [0, 0.1) is 17.3 Å². The smallest absolute Gasteiger partial charge is 0.00735 e. The first-order valence-corrected chi connectivity index (χ1v) is 8.29. The fourth-order valence-corrected chi connectivity index (χ4v) is 5.35. The van der Waals surface area contributed by atoms with E-state index in [9.17, 15) is 0 Å². The summed E-state index contributed by atoms with van der Waals surface area (Å²) in [5.74, 6) is 3.19. The highest BCUT2D eigenvalue weighted by atomic mass is 14.6. The van der Waals surface area contributed by atoms with Crippen molar-refractivity contribution in [1.29, 1.82) is 0 Å². The first-order chi connectivity index (χ1) is 10.2. The average Bonchev–Trinajstić information content (AvgIpc) is 2.65. The highest BCUT2D eigenvalue weighted by Gasteiger charge is 2.59. The molecule has 0 aliphatic heterocycles. The van der Waals surface area contributed by atoms with Gasteiger partial charge in [0.25, 0.3) is 0 Å². The van der Waals surface area contributed by atoms with Gasteiger partial charge in [-0.25, -0.2) is 0 Å². The highest BCUT2D eigenvalue weighted by Crippen LogP contribution is 2.68. The molecule has 2 aromatic carbocycles. The predicted molar refractivity (Wildman–Crippen MR) is 88.4 cm³/mol. The Balaban J connectivity index is 1.78. The fraction of sp³-hybridized carbons (Fsp3) is 0.429. The summed E-state index contributed by atoms with van der Waals surface area (Å²) in [6.45, 7) is 5.00. The molecule has 2 saturated carbocycles. The Morgan fingerprint density at radius 2 is 1.05 bits per heavy atom. The molecule has 0 nitrogen and oxygen atoms in total. The molecule has 0 aromatic heterocycles. The average molecular weight is 276 g/mol. The standard InChI is InChI=1S/C21H24/c1-21(2)19(15-9-5-3-6-10-15)17-13-14-18(17)20(21)16-11-7-4-8-12-16/h3-12,17-20H,13-14H2,1-2H3. The molecule has 0 N–H and O–H groups in total. The Morgan fingerprint density at radius 3 is 1.38 bits per heavy atom. The van der Waals surface area contributed by atoms with Crippen LogP contribution in [0.25, 0.3) is 0 Å². The second-order valence-electron chi connectivity index (χ2n) is 7.50. The minimum atomic E-state index is 0.342. The van der Waals surface area contributed by atoms with E-state index < -0.39 is 0 Å². The van der Waals surface area contributed by atoms with Crippen LogP contribution in [0.3, 0.4) is 0 Å². The quantitative estimate of drug-likeness (QED) is 0.667. The van der Waals surface area contributed by atoms with Crippen molar-refractivity contribution in [3.63, 3.8) is 0 Å². The normalized spacial score (nSPS) is 33.2. The third-order valence-electron chi connectivity index (χ3n) is 6.16. The van der Waals surface area contributed by atoms with Gasteiger partial charge in [-0.1, -0.05) is 74.5 Å². The third-order valence-corrected chi connectivity index (χ3v) is 6.16. The molecule has 0 radical (unpaired) electrons. The number of rotatable bonds is 2. The van der Waals surface area contributed by atoms with Crippen LogP contribution in [0.2, 0.25) is 0 Å². The maximum atomic E-state index is 2.50. The summed E-state index contributed by atoms with van der Waals surface area (Å²) in [5.41, 5.74) is 3.44. The van der Waals surface area contributed by atoms with Gasteiger partial charge in [-0.3, -0.25) is 0 Å². The Bertz CT molecular complexity index is 556. The number of fused-ring (bicyclic) bond motifs is 1. The molecule has 0 bridgehead atoms. The summed E-state index contributed by atoms with van der Waals surface area (Å²) in [6, 6.07) is 22.5. The summed E-state index contributed by atoms with van der Waals surface area (Å²) >= 11 is 0. The predicted octanol–water partition coefficient (Wildman–Crippen LogP) is 5.62. The van der Waals surface area contributed by atoms with Crippen LogP contribution in [0.15, 0.2) is 60.7 Å². The fourth-order valence-electron chi connectivity index (χ4n) is 5.35. The molecular weight excluding hydrogens is 252 g/mol. The second-order valence-corrected chi connectivity index (χ2v) is 7.50. The van der Waals surface area contributed by atoms with Crippen molar-refractivity contribution in [2.45, 2.75) is 38.5 Å². The summed E-state index contributed by atoms with van der Waals surface area (Å²) < 4.78 is 0. The van der Waals surface area contributed by atoms with Crippen molar-refractivity contribution in [3.8, 4) is 0 Å². The zero-order valence-corrected chi connectivity index (χ0v) is 13.0. The summed E-state index contributed by atoms with van der Waals surface area (Å²) in [7, 11) is 0. The van der Waals surface area contributed by atoms with Crippen molar-refractivity contribution in [2.24, 2.45) is 17.3 Å². The van der Waals surface area contributed by atoms with E-state index in [1.54, 1.807) is 11.1 Å². The van der Waals surface area contributed by atoms with Crippen molar-refractivity contribution in [1.82, 2.24) is 0 Å². The molecule has 2 aliphatic rings. The van der Waals surface area contributed by atoms with E-state index in [4.69, 9.17) is 0 Å². The van der Waals surface area contributed by atoms with E-state index in [1.165, 1.54) is 12.8 Å². The summed E-state index contributed by atoms with van der Waals surface area (Å²) in [6.07, 6.45) is 2.83. The van der Waals surface area contributed by atoms with Crippen LogP contribution in [-0.2, 0) is 0 Å². The minimum absolute atomic E-state index is 0.342. The van der Waals surface area contributed by atoms with Gasteiger partial charge in [0.05, 0.1) is 0 Å². The molecule has 2 aromatic rings. The molecule has 0 saturated heterocycles. The van der Waals surface area contributed by atoms with Gasteiger partial charge >= 0.3 is 0 Å². The molecule has 0 spiro atoms. The Hall–Kier alpha value is -1.56. The number of benzene rings is 2. The number of hydrogen-bond donors (Lipinski definition) is 0. The van der Waals surface area contributed by atoms with Crippen molar-refractivity contribution >= 4 is 0 Å². The lowest BCUT2D eigenvalue weighted by atomic mass is 9.68. The van der Waals surface area contributed by atoms with Crippen LogP contribution < -0.4 is 0 Å². The van der Waals surface area contributed by atoms with Gasteiger partial charge in [0.2, 0.25) is 0 Å². The molecular formula is C21H24. The molecule has 0 amide bonds. The first-order valence-electron chi connectivity index (χ1n) is 8.29.